The van der Waals surface area contributed by atoms with Crippen molar-refractivity contribution < 1.29 is 0 Å². The molecule has 2 aromatic heterocycles. The van der Waals surface area contributed by atoms with Gasteiger partial charge in [0.25, 0.3) is 0 Å². The molecule has 0 bridgehead atoms. The number of halogens is 1. The number of nitrogens with zero attached hydrogens (tertiary/aromatic N) is 2. The normalized spacial score (nSPS) is 10.6. The molecule has 0 spiro atoms. The van der Waals surface area contributed by atoms with Gasteiger partial charge in [0.1, 0.15) is 17.5 Å². The van der Waals surface area contributed by atoms with Crippen LogP contribution in [0.25, 0.3) is 0 Å². The molecule has 0 amide bonds. The standard InChI is InChI=1S/C14H19BrN4S/c1-4-12-18-13(16-5-2)9(3)14(19-12)17-8-11-10(15)6-7-20-11/h6-7H,4-5,8H2,1-3H3,(H2,16,17,18,19). The Morgan fingerprint density at radius 2 is 1.90 bits per heavy atom. The largest absolute Gasteiger partial charge is 0.370 e. The van der Waals surface area contributed by atoms with E-state index in [1.807, 2.05) is 6.92 Å². The zero-order valence-corrected chi connectivity index (χ0v) is 14.4. The minimum absolute atomic E-state index is 0.769. The van der Waals surface area contributed by atoms with Crippen LogP contribution < -0.4 is 10.6 Å². The van der Waals surface area contributed by atoms with Gasteiger partial charge in [0.05, 0.1) is 6.54 Å². The lowest BCUT2D eigenvalue weighted by molar-refractivity contribution is 0.920. The first-order chi connectivity index (χ1) is 9.65. The molecule has 108 valence electrons. The summed E-state index contributed by atoms with van der Waals surface area (Å²) in [5, 5.41) is 8.80. The van der Waals surface area contributed by atoms with Gasteiger partial charge in [-0.1, -0.05) is 6.92 Å². The van der Waals surface area contributed by atoms with E-state index >= 15 is 0 Å². The highest BCUT2D eigenvalue weighted by Crippen LogP contribution is 2.25. The van der Waals surface area contributed by atoms with Gasteiger partial charge in [0.15, 0.2) is 0 Å². The van der Waals surface area contributed by atoms with Crippen LogP contribution in [0.3, 0.4) is 0 Å². The molecule has 0 aliphatic carbocycles. The molecule has 2 aromatic rings. The molecule has 0 aliphatic heterocycles. The Bertz CT molecular complexity index is 583. The lowest BCUT2D eigenvalue weighted by atomic mass is 10.3. The van der Waals surface area contributed by atoms with Crippen LogP contribution in [0, 0.1) is 6.92 Å². The minimum Gasteiger partial charge on any atom is -0.370 e. The van der Waals surface area contributed by atoms with Crippen LogP contribution in [0.5, 0.6) is 0 Å². The van der Waals surface area contributed by atoms with Gasteiger partial charge in [-0.3, -0.25) is 0 Å². The average Bonchev–Trinajstić information content (AvgIpc) is 2.85. The fraction of sp³-hybridized carbons (Fsp3) is 0.429. The van der Waals surface area contributed by atoms with Crippen molar-refractivity contribution in [1.82, 2.24) is 9.97 Å². The summed E-state index contributed by atoms with van der Waals surface area (Å²) < 4.78 is 1.14. The van der Waals surface area contributed by atoms with Crippen molar-refractivity contribution in [1.29, 1.82) is 0 Å². The first-order valence-corrected chi connectivity index (χ1v) is 8.40. The summed E-state index contributed by atoms with van der Waals surface area (Å²) >= 11 is 5.28. The SMILES string of the molecule is CCNc1nc(CC)nc(NCc2sccc2Br)c1C. The second kappa shape index (κ2) is 7.04. The monoisotopic (exact) mass is 354 g/mol. The Hall–Kier alpha value is -1.14. The highest BCUT2D eigenvalue weighted by Gasteiger charge is 2.10. The first kappa shape index (κ1) is 15.3. The molecular formula is C14H19BrN4S. The van der Waals surface area contributed by atoms with E-state index in [9.17, 15) is 0 Å². The third-order valence-electron chi connectivity index (χ3n) is 2.96. The topological polar surface area (TPSA) is 49.8 Å². The molecule has 0 saturated carbocycles. The second-order valence-corrected chi connectivity index (χ2v) is 6.25. The summed E-state index contributed by atoms with van der Waals surface area (Å²) in [7, 11) is 0. The van der Waals surface area contributed by atoms with Crippen LogP contribution in [-0.2, 0) is 13.0 Å². The lowest BCUT2D eigenvalue weighted by Crippen LogP contribution is -2.10. The lowest BCUT2D eigenvalue weighted by Gasteiger charge is -2.14. The summed E-state index contributed by atoms with van der Waals surface area (Å²) in [4.78, 5) is 10.4. The zero-order chi connectivity index (χ0) is 14.5. The van der Waals surface area contributed by atoms with Crippen molar-refractivity contribution in [2.45, 2.75) is 33.7 Å². The van der Waals surface area contributed by atoms with E-state index in [0.29, 0.717) is 0 Å². The van der Waals surface area contributed by atoms with Gasteiger partial charge in [-0.05, 0) is 41.2 Å². The average molecular weight is 355 g/mol. The Morgan fingerprint density at radius 1 is 1.20 bits per heavy atom. The summed E-state index contributed by atoms with van der Waals surface area (Å²) in [6.45, 7) is 7.81. The van der Waals surface area contributed by atoms with Gasteiger partial charge >= 0.3 is 0 Å². The third-order valence-corrected chi connectivity index (χ3v) is 4.89. The Labute approximate surface area is 132 Å². The molecular weight excluding hydrogens is 336 g/mol. The number of nitrogens with one attached hydrogen (secondary N) is 2. The smallest absolute Gasteiger partial charge is 0.135 e. The van der Waals surface area contributed by atoms with Crippen molar-refractivity contribution in [3.8, 4) is 0 Å². The van der Waals surface area contributed by atoms with Gasteiger partial charge in [-0.15, -0.1) is 11.3 Å². The molecule has 0 unspecified atom stereocenters. The van der Waals surface area contributed by atoms with Crippen LogP contribution in [0.4, 0.5) is 11.6 Å². The maximum absolute atomic E-state index is 4.59. The van der Waals surface area contributed by atoms with Gasteiger partial charge in [0.2, 0.25) is 0 Å². The van der Waals surface area contributed by atoms with Crippen molar-refractivity contribution in [2.75, 3.05) is 17.2 Å². The van der Waals surface area contributed by atoms with E-state index in [0.717, 1.165) is 47.0 Å². The quantitative estimate of drug-likeness (QED) is 0.815. The predicted octanol–water partition coefficient (Wildman–Crippen LogP) is 4.22. The number of anilines is 2. The fourth-order valence-electron chi connectivity index (χ4n) is 1.85. The second-order valence-electron chi connectivity index (χ2n) is 4.39. The molecule has 2 heterocycles. The van der Waals surface area contributed by atoms with E-state index in [-0.39, 0.29) is 0 Å². The van der Waals surface area contributed by atoms with Crippen LogP contribution in [0.1, 0.15) is 30.1 Å². The van der Waals surface area contributed by atoms with E-state index < -0.39 is 0 Å². The molecule has 20 heavy (non-hydrogen) atoms. The van der Waals surface area contributed by atoms with Crippen LogP contribution in [0.15, 0.2) is 15.9 Å². The summed E-state index contributed by atoms with van der Waals surface area (Å²) in [6.07, 6.45) is 0.829. The summed E-state index contributed by atoms with van der Waals surface area (Å²) in [5.74, 6) is 2.69. The van der Waals surface area contributed by atoms with Crippen LogP contribution >= 0.6 is 27.3 Å². The number of hydrogen-bond acceptors (Lipinski definition) is 5. The van der Waals surface area contributed by atoms with Crippen LogP contribution in [-0.4, -0.2) is 16.5 Å². The van der Waals surface area contributed by atoms with Gasteiger partial charge in [-0.2, -0.15) is 0 Å². The molecule has 2 N–H and O–H groups in total. The predicted molar refractivity (Wildman–Crippen MR) is 89.7 cm³/mol. The number of thiophene rings is 1. The maximum atomic E-state index is 4.59. The van der Waals surface area contributed by atoms with E-state index in [4.69, 9.17) is 0 Å². The molecule has 4 nitrogen and oxygen atoms in total. The number of hydrogen-bond donors (Lipinski definition) is 2. The zero-order valence-electron chi connectivity index (χ0n) is 12.0. The Balaban J connectivity index is 2.21. The summed E-state index contributed by atoms with van der Waals surface area (Å²) in [5.41, 5.74) is 1.07. The van der Waals surface area contributed by atoms with Crippen molar-refractivity contribution in [3.05, 3.63) is 32.2 Å². The van der Waals surface area contributed by atoms with E-state index in [1.54, 1.807) is 11.3 Å². The van der Waals surface area contributed by atoms with Gasteiger partial charge in [-0.25, -0.2) is 9.97 Å². The van der Waals surface area contributed by atoms with Crippen molar-refractivity contribution in [2.24, 2.45) is 0 Å². The van der Waals surface area contributed by atoms with Crippen molar-refractivity contribution in [3.63, 3.8) is 0 Å². The minimum atomic E-state index is 0.769. The maximum Gasteiger partial charge on any atom is 0.135 e. The van der Waals surface area contributed by atoms with Crippen molar-refractivity contribution >= 4 is 38.9 Å². The molecule has 6 heteroatoms. The highest BCUT2D eigenvalue weighted by molar-refractivity contribution is 9.10. The molecule has 0 atom stereocenters. The Morgan fingerprint density at radius 3 is 2.45 bits per heavy atom. The first-order valence-electron chi connectivity index (χ1n) is 6.72. The molecule has 0 saturated heterocycles. The number of rotatable bonds is 6. The number of aryl methyl sites for hydroxylation is 1. The van der Waals surface area contributed by atoms with Gasteiger partial charge in [0, 0.05) is 27.9 Å². The molecule has 0 fully saturated rings. The highest BCUT2D eigenvalue weighted by atomic mass is 79.9. The third kappa shape index (κ3) is 3.49. The molecule has 0 radical (unpaired) electrons. The van der Waals surface area contributed by atoms with Crippen LogP contribution in [0.2, 0.25) is 0 Å². The van der Waals surface area contributed by atoms with E-state index in [2.05, 4.69) is 61.8 Å². The molecule has 0 aromatic carbocycles. The molecule has 2 rings (SSSR count). The van der Waals surface area contributed by atoms with E-state index in [1.165, 1.54) is 4.88 Å². The molecule has 0 aliphatic rings. The van der Waals surface area contributed by atoms with Gasteiger partial charge < -0.3 is 10.6 Å². The fourth-order valence-corrected chi connectivity index (χ4v) is 3.28. The Kier molecular flexibility index (Phi) is 5.37. The number of aromatic nitrogens is 2. The summed E-state index contributed by atoms with van der Waals surface area (Å²) in [6, 6.07) is 2.07.